The fourth-order valence-electron chi connectivity index (χ4n) is 2.88. The maximum absolute atomic E-state index is 6.17. The molecule has 0 fully saturated rings. The molecule has 25 heavy (non-hydrogen) atoms. The highest BCUT2D eigenvalue weighted by Gasteiger charge is 2.16. The number of nitrogens with zero attached hydrogens (tertiary/aromatic N) is 3. The van der Waals surface area contributed by atoms with Crippen LogP contribution in [-0.4, -0.2) is 14.8 Å². The monoisotopic (exact) mass is 371 g/mol. The molecule has 4 rings (SSSR count). The summed E-state index contributed by atoms with van der Waals surface area (Å²) >= 11 is 12.2. The van der Waals surface area contributed by atoms with Gasteiger partial charge in [-0.1, -0.05) is 54.4 Å². The first-order chi connectivity index (χ1) is 12.2. The van der Waals surface area contributed by atoms with E-state index in [0.717, 1.165) is 22.2 Å². The number of aryl methyl sites for hydroxylation is 1. The summed E-state index contributed by atoms with van der Waals surface area (Å²) in [6.07, 6.45) is 0.708. The van der Waals surface area contributed by atoms with E-state index in [2.05, 4.69) is 33.0 Å². The first-order valence-corrected chi connectivity index (χ1v) is 8.76. The van der Waals surface area contributed by atoms with Gasteiger partial charge in [0, 0.05) is 23.9 Å². The Bertz CT molecular complexity index is 1050. The van der Waals surface area contributed by atoms with Crippen LogP contribution in [0.1, 0.15) is 18.4 Å². The van der Waals surface area contributed by atoms with Crippen LogP contribution in [-0.2, 0) is 13.0 Å². The summed E-state index contributed by atoms with van der Waals surface area (Å²) in [6, 6.07) is 15.9. The number of hydrogen-bond donors (Lipinski definition) is 0. The molecule has 0 aliphatic carbocycles. The second kappa shape index (κ2) is 6.54. The van der Waals surface area contributed by atoms with Crippen LogP contribution >= 0.6 is 23.2 Å². The molecule has 0 radical (unpaired) electrons. The van der Waals surface area contributed by atoms with Crippen LogP contribution in [0, 0.1) is 0 Å². The Morgan fingerprint density at radius 2 is 1.84 bits per heavy atom. The smallest absolute Gasteiger partial charge is 0.264 e. The number of benzene rings is 2. The maximum Gasteiger partial charge on any atom is 0.264 e. The molecule has 0 saturated carbocycles. The zero-order valence-corrected chi connectivity index (χ0v) is 15.1. The van der Waals surface area contributed by atoms with E-state index in [1.165, 1.54) is 0 Å². The van der Waals surface area contributed by atoms with Crippen molar-refractivity contribution in [2.24, 2.45) is 0 Å². The highest BCUT2D eigenvalue weighted by molar-refractivity contribution is 6.42. The third-order valence-electron chi connectivity index (χ3n) is 4.12. The Labute approximate surface area is 155 Å². The van der Waals surface area contributed by atoms with E-state index in [1.54, 1.807) is 0 Å². The lowest BCUT2D eigenvalue weighted by Gasteiger charge is -2.10. The molecule has 0 saturated heterocycles. The largest absolute Gasteiger partial charge is 0.419 e. The van der Waals surface area contributed by atoms with E-state index >= 15 is 0 Å². The third-order valence-corrected chi connectivity index (χ3v) is 4.86. The molecule has 0 aliphatic rings. The predicted octanol–water partition coefficient (Wildman–Crippen LogP) is 5.61. The summed E-state index contributed by atoms with van der Waals surface area (Å²) in [5, 5.41) is 10.5. The number of hydrogen-bond acceptors (Lipinski definition) is 3. The normalized spacial score (nSPS) is 11.3. The SMILES string of the molecule is CCc1nnc(-c2cc3ccccc3n2Cc2ccc(Cl)c(Cl)c2)o1. The van der Waals surface area contributed by atoms with Crippen LogP contribution in [0.4, 0.5) is 0 Å². The van der Waals surface area contributed by atoms with Crippen LogP contribution in [0.25, 0.3) is 22.5 Å². The Balaban J connectivity index is 1.85. The molecule has 0 aliphatic heterocycles. The summed E-state index contributed by atoms with van der Waals surface area (Å²) in [5.74, 6) is 1.15. The van der Waals surface area contributed by atoms with Gasteiger partial charge < -0.3 is 8.98 Å². The van der Waals surface area contributed by atoms with Crippen LogP contribution in [0.15, 0.2) is 52.9 Å². The topological polar surface area (TPSA) is 43.9 Å². The molecule has 0 bridgehead atoms. The van der Waals surface area contributed by atoms with Crippen LogP contribution in [0.5, 0.6) is 0 Å². The molecular weight excluding hydrogens is 357 g/mol. The van der Waals surface area contributed by atoms with Gasteiger partial charge in [-0.2, -0.15) is 0 Å². The van der Waals surface area contributed by atoms with E-state index < -0.39 is 0 Å². The van der Waals surface area contributed by atoms with Gasteiger partial charge >= 0.3 is 0 Å². The molecule has 0 amide bonds. The van der Waals surface area contributed by atoms with Gasteiger partial charge in [-0.25, -0.2) is 0 Å². The Hall–Kier alpha value is -2.30. The number of rotatable bonds is 4. The van der Waals surface area contributed by atoms with Crippen LogP contribution in [0.2, 0.25) is 10.0 Å². The van der Waals surface area contributed by atoms with E-state index in [-0.39, 0.29) is 0 Å². The molecule has 126 valence electrons. The highest BCUT2D eigenvalue weighted by Crippen LogP contribution is 2.30. The first-order valence-electron chi connectivity index (χ1n) is 8.00. The minimum absolute atomic E-state index is 0.521. The fourth-order valence-corrected chi connectivity index (χ4v) is 3.20. The Morgan fingerprint density at radius 1 is 1.00 bits per heavy atom. The summed E-state index contributed by atoms with van der Waals surface area (Å²) < 4.78 is 7.93. The maximum atomic E-state index is 6.17. The second-order valence-electron chi connectivity index (χ2n) is 5.78. The molecule has 4 nitrogen and oxygen atoms in total. The quantitative estimate of drug-likeness (QED) is 0.468. The second-order valence-corrected chi connectivity index (χ2v) is 6.59. The molecule has 0 atom stereocenters. The molecule has 0 N–H and O–H groups in total. The zero-order valence-electron chi connectivity index (χ0n) is 13.5. The average Bonchev–Trinajstić information content (AvgIpc) is 3.23. The number of fused-ring (bicyclic) bond motifs is 1. The molecule has 0 unspecified atom stereocenters. The minimum atomic E-state index is 0.521. The minimum Gasteiger partial charge on any atom is -0.419 e. The van der Waals surface area contributed by atoms with E-state index in [4.69, 9.17) is 27.6 Å². The molecule has 0 spiro atoms. The van der Waals surface area contributed by atoms with Gasteiger partial charge in [0.2, 0.25) is 5.89 Å². The van der Waals surface area contributed by atoms with Gasteiger partial charge in [0.05, 0.1) is 10.0 Å². The van der Waals surface area contributed by atoms with Crippen molar-refractivity contribution in [3.8, 4) is 11.6 Å². The number of para-hydroxylation sites is 1. The number of aromatic nitrogens is 3. The molecule has 2 aromatic heterocycles. The summed E-state index contributed by atoms with van der Waals surface area (Å²) in [4.78, 5) is 0. The van der Waals surface area contributed by atoms with Crippen LogP contribution in [0.3, 0.4) is 0 Å². The van der Waals surface area contributed by atoms with Crippen molar-refractivity contribution in [3.63, 3.8) is 0 Å². The Kier molecular flexibility index (Phi) is 4.24. The zero-order chi connectivity index (χ0) is 17.4. The summed E-state index contributed by atoms with van der Waals surface area (Å²) in [6.45, 7) is 2.62. The van der Waals surface area contributed by atoms with Crippen molar-refractivity contribution < 1.29 is 4.42 Å². The van der Waals surface area contributed by atoms with E-state index in [1.807, 2.05) is 37.3 Å². The average molecular weight is 372 g/mol. The van der Waals surface area contributed by atoms with Gasteiger partial charge in [0.15, 0.2) is 0 Å². The van der Waals surface area contributed by atoms with Crippen molar-refractivity contribution in [1.29, 1.82) is 0 Å². The first kappa shape index (κ1) is 16.2. The van der Waals surface area contributed by atoms with Crippen molar-refractivity contribution in [3.05, 3.63) is 70.0 Å². The van der Waals surface area contributed by atoms with Gasteiger partial charge in [-0.15, -0.1) is 10.2 Å². The predicted molar refractivity (Wildman–Crippen MR) is 100 cm³/mol. The van der Waals surface area contributed by atoms with E-state index in [0.29, 0.717) is 34.8 Å². The molecule has 4 aromatic rings. The van der Waals surface area contributed by atoms with E-state index in [9.17, 15) is 0 Å². The summed E-state index contributed by atoms with van der Waals surface area (Å²) in [7, 11) is 0. The number of halogens is 2. The van der Waals surface area contributed by atoms with Crippen LogP contribution < -0.4 is 0 Å². The summed E-state index contributed by atoms with van der Waals surface area (Å²) in [5.41, 5.74) is 3.03. The lowest BCUT2D eigenvalue weighted by Crippen LogP contribution is -2.02. The van der Waals surface area contributed by atoms with Crippen molar-refractivity contribution >= 4 is 34.1 Å². The molecular formula is C19H15Cl2N3O. The lowest BCUT2D eigenvalue weighted by molar-refractivity contribution is 0.509. The van der Waals surface area contributed by atoms with Crippen molar-refractivity contribution in [2.75, 3.05) is 0 Å². The van der Waals surface area contributed by atoms with Crippen molar-refractivity contribution in [2.45, 2.75) is 19.9 Å². The molecule has 2 aromatic carbocycles. The van der Waals surface area contributed by atoms with Gasteiger partial charge in [-0.05, 0) is 29.8 Å². The third kappa shape index (κ3) is 3.03. The van der Waals surface area contributed by atoms with Gasteiger partial charge in [-0.3, -0.25) is 0 Å². The fraction of sp³-hybridized carbons (Fsp3) is 0.158. The van der Waals surface area contributed by atoms with Gasteiger partial charge in [0.25, 0.3) is 5.89 Å². The molecule has 6 heteroatoms. The standard InChI is InChI=1S/C19H15Cl2N3O/c1-2-18-22-23-19(25-18)17-10-13-5-3-4-6-16(13)24(17)11-12-7-8-14(20)15(21)9-12/h3-10H,2,11H2,1H3. The van der Waals surface area contributed by atoms with Gasteiger partial charge in [0.1, 0.15) is 5.69 Å². The Morgan fingerprint density at radius 3 is 2.60 bits per heavy atom. The molecule has 2 heterocycles. The lowest BCUT2D eigenvalue weighted by atomic mass is 10.2. The van der Waals surface area contributed by atoms with Crippen molar-refractivity contribution in [1.82, 2.24) is 14.8 Å². The highest BCUT2D eigenvalue weighted by atomic mass is 35.5.